The van der Waals surface area contributed by atoms with E-state index >= 15 is 0 Å². The minimum atomic E-state index is 0.313. The molecule has 140 valence electrons. The van der Waals surface area contributed by atoms with Gasteiger partial charge in [-0.3, -0.25) is 0 Å². The largest absolute Gasteiger partial charge is 0.495 e. The van der Waals surface area contributed by atoms with E-state index in [1.165, 1.54) is 6.20 Å². The van der Waals surface area contributed by atoms with Crippen LogP contribution in [0.4, 0.5) is 23.1 Å². The van der Waals surface area contributed by atoms with Crippen molar-refractivity contribution >= 4 is 34.7 Å². The lowest BCUT2D eigenvalue weighted by molar-refractivity contribution is 0.355. The second-order valence-electron chi connectivity index (χ2n) is 5.33. The Balaban J connectivity index is 1.81. The third kappa shape index (κ3) is 4.48. The first-order valence-corrected chi connectivity index (χ1v) is 8.30. The van der Waals surface area contributed by atoms with Crippen LogP contribution < -0.4 is 24.8 Å². The van der Waals surface area contributed by atoms with Crippen molar-refractivity contribution in [2.75, 3.05) is 32.0 Å². The van der Waals surface area contributed by atoms with E-state index < -0.39 is 0 Å². The Labute approximate surface area is 161 Å². The predicted octanol–water partition coefficient (Wildman–Crippen LogP) is 4.04. The molecular formula is C18H18ClN5O3. The molecule has 0 saturated heterocycles. The molecule has 0 unspecified atom stereocenters. The maximum atomic E-state index is 6.05. The van der Waals surface area contributed by atoms with Crippen molar-refractivity contribution in [3.63, 3.8) is 0 Å². The normalized spacial score (nSPS) is 10.2. The monoisotopic (exact) mass is 387 g/mol. The van der Waals surface area contributed by atoms with Gasteiger partial charge in [-0.1, -0.05) is 11.6 Å². The average molecular weight is 388 g/mol. The number of halogens is 1. The van der Waals surface area contributed by atoms with Crippen LogP contribution in [0.2, 0.25) is 5.02 Å². The Morgan fingerprint density at radius 3 is 2.33 bits per heavy atom. The van der Waals surface area contributed by atoms with Crippen LogP contribution in [0.5, 0.6) is 17.2 Å². The van der Waals surface area contributed by atoms with E-state index in [-0.39, 0.29) is 0 Å². The highest BCUT2D eigenvalue weighted by Crippen LogP contribution is 2.32. The van der Waals surface area contributed by atoms with Crippen LogP contribution in [0.25, 0.3) is 0 Å². The van der Waals surface area contributed by atoms with Crippen molar-refractivity contribution < 1.29 is 14.2 Å². The van der Waals surface area contributed by atoms with Crippen molar-refractivity contribution in [3.05, 3.63) is 47.6 Å². The van der Waals surface area contributed by atoms with E-state index in [2.05, 4.69) is 25.8 Å². The van der Waals surface area contributed by atoms with Crippen molar-refractivity contribution in [2.24, 2.45) is 0 Å². The molecule has 1 heterocycles. The molecule has 0 bridgehead atoms. The van der Waals surface area contributed by atoms with Crippen LogP contribution in [0.3, 0.4) is 0 Å². The molecule has 0 saturated carbocycles. The van der Waals surface area contributed by atoms with Crippen molar-refractivity contribution in [2.45, 2.75) is 0 Å². The van der Waals surface area contributed by atoms with Crippen LogP contribution in [0.1, 0.15) is 0 Å². The second-order valence-corrected chi connectivity index (χ2v) is 5.77. The van der Waals surface area contributed by atoms with Gasteiger partial charge in [-0.2, -0.15) is 10.1 Å². The minimum Gasteiger partial charge on any atom is -0.495 e. The fourth-order valence-corrected chi connectivity index (χ4v) is 2.55. The van der Waals surface area contributed by atoms with Gasteiger partial charge in [-0.25, -0.2) is 0 Å². The van der Waals surface area contributed by atoms with Gasteiger partial charge in [0.1, 0.15) is 5.75 Å². The van der Waals surface area contributed by atoms with Gasteiger partial charge in [0.25, 0.3) is 0 Å². The van der Waals surface area contributed by atoms with Crippen molar-refractivity contribution in [3.8, 4) is 17.2 Å². The molecule has 0 aliphatic heterocycles. The van der Waals surface area contributed by atoms with E-state index in [1.807, 2.05) is 6.07 Å². The number of benzene rings is 2. The molecule has 9 heteroatoms. The second kappa shape index (κ2) is 8.41. The summed E-state index contributed by atoms with van der Waals surface area (Å²) in [5.74, 6) is 2.65. The number of aromatic nitrogens is 3. The summed E-state index contributed by atoms with van der Waals surface area (Å²) in [7, 11) is 4.73. The van der Waals surface area contributed by atoms with Gasteiger partial charge in [0.15, 0.2) is 17.3 Å². The summed E-state index contributed by atoms with van der Waals surface area (Å²) in [6.45, 7) is 0. The number of methoxy groups -OCH3 is 3. The van der Waals surface area contributed by atoms with Crippen molar-refractivity contribution in [1.82, 2.24) is 15.2 Å². The number of nitrogens with zero attached hydrogens (tertiary/aromatic N) is 3. The van der Waals surface area contributed by atoms with Gasteiger partial charge in [-0.15, -0.1) is 5.10 Å². The van der Waals surface area contributed by atoms with Crippen LogP contribution in [0, 0.1) is 0 Å². The SMILES string of the molecule is COc1ccc(Cl)cc1Nc1cnnc(Nc2ccc(OC)c(OC)c2)n1. The molecule has 2 N–H and O–H groups in total. The molecule has 0 fully saturated rings. The van der Waals surface area contributed by atoms with Gasteiger partial charge >= 0.3 is 0 Å². The van der Waals surface area contributed by atoms with E-state index in [0.29, 0.717) is 39.7 Å². The molecule has 0 aliphatic rings. The van der Waals surface area contributed by atoms with E-state index in [9.17, 15) is 0 Å². The van der Waals surface area contributed by atoms with E-state index in [1.54, 1.807) is 51.7 Å². The molecule has 3 aromatic rings. The molecule has 1 aromatic heterocycles. The average Bonchev–Trinajstić information content (AvgIpc) is 2.68. The van der Waals surface area contributed by atoms with Crippen LogP contribution in [-0.2, 0) is 0 Å². The number of rotatable bonds is 7. The molecule has 0 spiro atoms. The number of anilines is 4. The van der Waals surface area contributed by atoms with E-state index in [0.717, 1.165) is 5.69 Å². The van der Waals surface area contributed by atoms with Crippen molar-refractivity contribution in [1.29, 1.82) is 0 Å². The molecule has 0 radical (unpaired) electrons. The highest BCUT2D eigenvalue weighted by Gasteiger charge is 2.09. The third-order valence-corrected chi connectivity index (χ3v) is 3.86. The topological polar surface area (TPSA) is 90.4 Å². The first-order valence-electron chi connectivity index (χ1n) is 7.92. The van der Waals surface area contributed by atoms with Gasteiger partial charge in [0, 0.05) is 16.8 Å². The number of hydrogen-bond donors (Lipinski definition) is 2. The Morgan fingerprint density at radius 1 is 0.852 bits per heavy atom. The van der Waals surface area contributed by atoms with Gasteiger partial charge in [0.2, 0.25) is 5.95 Å². The highest BCUT2D eigenvalue weighted by molar-refractivity contribution is 6.31. The molecule has 0 amide bonds. The summed E-state index contributed by atoms with van der Waals surface area (Å²) in [4.78, 5) is 4.40. The number of hydrogen-bond acceptors (Lipinski definition) is 8. The summed E-state index contributed by atoms with van der Waals surface area (Å²) in [5.41, 5.74) is 1.40. The standard InChI is InChI=1S/C18H18ClN5O3/c1-25-14-6-4-11(19)8-13(14)22-17-10-20-24-18(23-17)21-12-5-7-15(26-2)16(9-12)27-3/h4-10H,1-3H3,(H2,21,22,23,24). The summed E-state index contributed by atoms with van der Waals surface area (Å²) in [6, 6.07) is 10.6. The molecule has 0 atom stereocenters. The zero-order chi connectivity index (χ0) is 19.2. The molecule has 3 rings (SSSR count). The fourth-order valence-electron chi connectivity index (χ4n) is 2.38. The van der Waals surface area contributed by atoms with Gasteiger partial charge < -0.3 is 24.8 Å². The first-order chi connectivity index (χ1) is 13.1. The molecule has 27 heavy (non-hydrogen) atoms. The fraction of sp³-hybridized carbons (Fsp3) is 0.167. The maximum Gasteiger partial charge on any atom is 0.249 e. The first kappa shape index (κ1) is 18.5. The van der Waals surface area contributed by atoms with Gasteiger partial charge in [0.05, 0.1) is 33.2 Å². The summed E-state index contributed by atoms with van der Waals surface area (Å²) >= 11 is 6.05. The van der Waals surface area contributed by atoms with E-state index in [4.69, 9.17) is 25.8 Å². The Hall–Kier alpha value is -3.26. The molecule has 8 nitrogen and oxygen atoms in total. The minimum absolute atomic E-state index is 0.313. The Morgan fingerprint density at radius 2 is 1.59 bits per heavy atom. The van der Waals surface area contributed by atoms with Gasteiger partial charge in [-0.05, 0) is 30.3 Å². The highest BCUT2D eigenvalue weighted by atomic mass is 35.5. The third-order valence-electron chi connectivity index (χ3n) is 3.62. The zero-order valence-corrected chi connectivity index (χ0v) is 15.7. The van der Waals surface area contributed by atoms with Crippen LogP contribution in [-0.4, -0.2) is 36.5 Å². The summed E-state index contributed by atoms with van der Waals surface area (Å²) in [5, 5.41) is 14.7. The maximum absolute atomic E-state index is 6.05. The lowest BCUT2D eigenvalue weighted by Crippen LogP contribution is -2.03. The lowest BCUT2D eigenvalue weighted by atomic mass is 10.3. The molecule has 2 aromatic carbocycles. The number of ether oxygens (including phenoxy) is 3. The quantitative estimate of drug-likeness (QED) is 0.627. The lowest BCUT2D eigenvalue weighted by Gasteiger charge is -2.12. The number of nitrogens with one attached hydrogen (secondary N) is 2. The van der Waals surface area contributed by atoms with Crippen LogP contribution >= 0.6 is 11.6 Å². The molecule has 0 aliphatic carbocycles. The van der Waals surface area contributed by atoms with Crippen LogP contribution in [0.15, 0.2) is 42.6 Å². The Kier molecular flexibility index (Phi) is 5.77. The smallest absolute Gasteiger partial charge is 0.249 e. The summed E-state index contributed by atoms with van der Waals surface area (Å²) in [6.07, 6.45) is 1.50. The summed E-state index contributed by atoms with van der Waals surface area (Å²) < 4.78 is 15.8. The predicted molar refractivity (Wildman–Crippen MR) is 104 cm³/mol. The Bertz CT molecular complexity index is 939. The zero-order valence-electron chi connectivity index (χ0n) is 15.0. The molecular weight excluding hydrogens is 370 g/mol.